The Morgan fingerprint density at radius 1 is 1.41 bits per heavy atom. The number of carbonyl (C=O) groups excluding carboxylic acids is 1. The van der Waals surface area contributed by atoms with Gasteiger partial charge in [0.25, 0.3) is 5.91 Å². The molecule has 6 heteroatoms. The van der Waals surface area contributed by atoms with Crippen LogP contribution in [-0.4, -0.2) is 10.9 Å². The van der Waals surface area contributed by atoms with Crippen molar-refractivity contribution in [2.45, 2.75) is 19.3 Å². The van der Waals surface area contributed by atoms with E-state index in [0.29, 0.717) is 27.7 Å². The second-order valence-electron chi connectivity index (χ2n) is 6.34. The SMILES string of the molecule is C=CCC1(C#N)C(=S)NC(C)=C(C(=O)Nc2ccccc2)C1c1ccco1. The lowest BCUT2D eigenvalue weighted by molar-refractivity contribution is -0.113. The number of hydrogen-bond donors (Lipinski definition) is 2. The van der Waals surface area contributed by atoms with Crippen molar-refractivity contribution in [3.05, 3.63) is 78.4 Å². The largest absolute Gasteiger partial charge is 0.469 e. The Bertz CT molecular complexity index is 942. The number of amides is 1. The monoisotopic (exact) mass is 377 g/mol. The summed E-state index contributed by atoms with van der Waals surface area (Å²) in [5, 5.41) is 16.0. The number of nitriles is 1. The van der Waals surface area contributed by atoms with Crippen LogP contribution in [0, 0.1) is 16.7 Å². The van der Waals surface area contributed by atoms with Crippen LogP contribution in [0.25, 0.3) is 0 Å². The number of nitrogens with zero attached hydrogens (tertiary/aromatic N) is 1. The summed E-state index contributed by atoms with van der Waals surface area (Å²) in [7, 11) is 0. The first-order chi connectivity index (χ1) is 13.0. The van der Waals surface area contributed by atoms with Crippen molar-refractivity contribution in [3.63, 3.8) is 0 Å². The van der Waals surface area contributed by atoms with E-state index < -0.39 is 11.3 Å². The van der Waals surface area contributed by atoms with E-state index in [1.54, 1.807) is 37.3 Å². The molecule has 0 aliphatic carbocycles. The van der Waals surface area contributed by atoms with Crippen LogP contribution in [-0.2, 0) is 4.79 Å². The molecule has 27 heavy (non-hydrogen) atoms. The first-order valence-electron chi connectivity index (χ1n) is 8.47. The lowest BCUT2D eigenvalue weighted by atomic mass is 9.66. The highest BCUT2D eigenvalue weighted by molar-refractivity contribution is 7.80. The average Bonchev–Trinajstić information content (AvgIpc) is 3.18. The fourth-order valence-corrected chi connectivity index (χ4v) is 3.80. The molecule has 1 aliphatic heterocycles. The molecule has 3 rings (SSSR count). The molecule has 1 aliphatic rings. The quantitative estimate of drug-likeness (QED) is 0.600. The highest BCUT2D eigenvalue weighted by Crippen LogP contribution is 2.48. The summed E-state index contributed by atoms with van der Waals surface area (Å²) in [6, 6.07) is 15.0. The van der Waals surface area contributed by atoms with Gasteiger partial charge in [0.05, 0.1) is 18.3 Å². The Morgan fingerprint density at radius 2 is 2.15 bits per heavy atom. The van der Waals surface area contributed by atoms with Gasteiger partial charge < -0.3 is 15.1 Å². The Morgan fingerprint density at radius 3 is 2.74 bits per heavy atom. The van der Waals surface area contributed by atoms with Gasteiger partial charge in [-0.3, -0.25) is 4.79 Å². The summed E-state index contributed by atoms with van der Waals surface area (Å²) in [5.41, 5.74) is 0.536. The van der Waals surface area contributed by atoms with Crippen LogP contribution in [0.15, 0.2) is 77.1 Å². The number of allylic oxidation sites excluding steroid dienone is 2. The Hall–Kier alpha value is -3.17. The predicted molar refractivity (Wildman–Crippen MR) is 108 cm³/mol. The molecular formula is C21H19N3O2S. The molecule has 0 fully saturated rings. The Labute approximate surface area is 163 Å². The van der Waals surface area contributed by atoms with Crippen LogP contribution >= 0.6 is 12.2 Å². The van der Waals surface area contributed by atoms with Crippen LogP contribution in [0.1, 0.15) is 25.0 Å². The van der Waals surface area contributed by atoms with Crippen molar-refractivity contribution < 1.29 is 9.21 Å². The molecule has 2 unspecified atom stereocenters. The molecule has 1 aromatic carbocycles. The number of para-hydroxylation sites is 1. The van der Waals surface area contributed by atoms with Crippen molar-refractivity contribution in [3.8, 4) is 6.07 Å². The molecule has 0 bridgehead atoms. The van der Waals surface area contributed by atoms with E-state index in [-0.39, 0.29) is 12.3 Å². The van der Waals surface area contributed by atoms with E-state index >= 15 is 0 Å². The number of benzene rings is 1. The minimum Gasteiger partial charge on any atom is -0.469 e. The van der Waals surface area contributed by atoms with Gasteiger partial charge in [0, 0.05) is 17.0 Å². The number of anilines is 1. The summed E-state index contributed by atoms with van der Waals surface area (Å²) in [6.07, 6.45) is 3.45. The van der Waals surface area contributed by atoms with E-state index in [1.807, 2.05) is 18.2 Å². The predicted octanol–water partition coefficient (Wildman–Crippen LogP) is 4.29. The third kappa shape index (κ3) is 3.29. The van der Waals surface area contributed by atoms with Gasteiger partial charge in [-0.15, -0.1) is 6.58 Å². The normalized spacial score (nSPS) is 21.9. The van der Waals surface area contributed by atoms with Crippen LogP contribution in [0.5, 0.6) is 0 Å². The third-order valence-electron chi connectivity index (χ3n) is 4.66. The number of thiocarbonyl (C=S) groups is 1. The molecule has 1 aromatic heterocycles. The lowest BCUT2D eigenvalue weighted by Crippen LogP contribution is -2.49. The van der Waals surface area contributed by atoms with Crippen LogP contribution in [0.4, 0.5) is 5.69 Å². The third-order valence-corrected chi connectivity index (χ3v) is 5.13. The van der Waals surface area contributed by atoms with E-state index in [9.17, 15) is 10.1 Å². The molecule has 5 nitrogen and oxygen atoms in total. The maximum atomic E-state index is 13.2. The molecular weight excluding hydrogens is 358 g/mol. The Kier molecular flexibility index (Phi) is 5.24. The second kappa shape index (κ2) is 7.60. The number of furan rings is 1. The topological polar surface area (TPSA) is 78.1 Å². The molecule has 0 spiro atoms. The zero-order chi connectivity index (χ0) is 19.4. The van der Waals surface area contributed by atoms with E-state index in [4.69, 9.17) is 16.6 Å². The minimum absolute atomic E-state index is 0.288. The zero-order valence-electron chi connectivity index (χ0n) is 14.9. The van der Waals surface area contributed by atoms with E-state index in [0.717, 1.165) is 0 Å². The van der Waals surface area contributed by atoms with Crippen molar-refractivity contribution in [2.75, 3.05) is 5.32 Å². The minimum atomic E-state index is -1.15. The fraction of sp³-hybridized carbons (Fsp3) is 0.190. The van der Waals surface area contributed by atoms with Gasteiger partial charge in [0.2, 0.25) is 0 Å². The van der Waals surface area contributed by atoms with Crippen LogP contribution in [0.3, 0.4) is 0 Å². The number of hydrogen-bond acceptors (Lipinski definition) is 4. The van der Waals surface area contributed by atoms with Gasteiger partial charge in [0.1, 0.15) is 16.2 Å². The number of nitrogens with one attached hydrogen (secondary N) is 2. The van der Waals surface area contributed by atoms with Gasteiger partial charge in [-0.25, -0.2) is 0 Å². The first kappa shape index (κ1) is 18.6. The van der Waals surface area contributed by atoms with Crippen molar-refractivity contribution in [1.29, 1.82) is 5.26 Å². The van der Waals surface area contributed by atoms with Gasteiger partial charge >= 0.3 is 0 Å². The first-order valence-corrected chi connectivity index (χ1v) is 8.88. The summed E-state index contributed by atoms with van der Waals surface area (Å²) < 4.78 is 5.62. The molecule has 1 amide bonds. The van der Waals surface area contributed by atoms with Crippen LogP contribution < -0.4 is 10.6 Å². The molecule has 2 heterocycles. The molecule has 0 radical (unpaired) electrons. The van der Waals surface area contributed by atoms with Crippen molar-refractivity contribution >= 4 is 28.8 Å². The fourth-order valence-electron chi connectivity index (χ4n) is 3.40. The smallest absolute Gasteiger partial charge is 0.254 e. The van der Waals surface area contributed by atoms with Gasteiger partial charge in [-0.1, -0.05) is 36.5 Å². The molecule has 136 valence electrons. The zero-order valence-corrected chi connectivity index (χ0v) is 15.7. The van der Waals surface area contributed by atoms with Gasteiger partial charge in [-0.2, -0.15) is 5.26 Å². The summed E-state index contributed by atoms with van der Waals surface area (Å²) in [4.78, 5) is 13.5. The van der Waals surface area contributed by atoms with E-state index in [2.05, 4.69) is 23.3 Å². The number of carbonyl (C=O) groups is 1. The van der Waals surface area contributed by atoms with Gasteiger partial charge in [-0.05, 0) is 37.6 Å². The summed E-state index contributed by atoms with van der Waals surface area (Å²) in [5.74, 6) is -0.438. The van der Waals surface area contributed by atoms with Crippen molar-refractivity contribution in [1.82, 2.24) is 5.32 Å². The molecule has 0 saturated carbocycles. The second-order valence-corrected chi connectivity index (χ2v) is 6.75. The highest BCUT2D eigenvalue weighted by atomic mass is 32.1. The number of rotatable bonds is 5. The highest BCUT2D eigenvalue weighted by Gasteiger charge is 2.51. The van der Waals surface area contributed by atoms with E-state index in [1.165, 1.54) is 6.26 Å². The van der Waals surface area contributed by atoms with Gasteiger partial charge in [0.15, 0.2) is 0 Å². The standard InChI is InChI=1S/C21H19N3O2S/c1-3-11-21(13-22)18(16-10-7-12-26-16)17(14(2)23-20(21)27)19(25)24-15-8-5-4-6-9-15/h3-10,12,18H,1,11H2,2H3,(H,23,27)(H,24,25). The summed E-state index contributed by atoms with van der Waals surface area (Å²) in [6.45, 7) is 5.54. The molecule has 2 atom stereocenters. The maximum absolute atomic E-state index is 13.2. The molecule has 2 aromatic rings. The maximum Gasteiger partial charge on any atom is 0.254 e. The summed E-state index contributed by atoms with van der Waals surface area (Å²) >= 11 is 5.51. The molecule has 2 N–H and O–H groups in total. The average molecular weight is 377 g/mol. The Balaban J connectivity index is 2.13. The van der Waals surface area contributed by atoms with Crippen molar-refractivity contribution in [2.24, 2.45) is 5.41 Å². The lowest BCUT2D eigenvalue weighted by Gasteiger charge is -2.40. The molecule has 0 saturated heterocycles. The van der Waals surface area contributed by atoms with Crippen LogP contribution in [0.2, 0.25) is 0 Å².